The Kier molecular flexibility index (Phi) is 6.29. The third kappa shape index (κ3) is 7.40. The highest BCUT2D eigenvalue weighted by Crippen LogP contribution is 2.23. The monoisotopic (exact) mass is 306 g/mol. The zero-order chi connectivity index (χ0) is 15.9. The third-order valence-electron chi connectivity index (χ3n) is 2.52. The predicted molar refractivity (Wildman–Crippen MR) is 71.1 cm³/mol. The first kappa shape index (κ1) is 17.1. The van der Waals surface area contributed by atoms with E-state index in [-0.39, 0.29) is 18.4 Å². The molecule has 0 fully saturated rings. The van der Waals surface area contributed by atoms with E-state index in [1.54, 1.807) is 6.92 Å². The van der Waals surface area contributed by atoms with Gasteiger partial charge in [-0.3, -0.25) is 0 Å². The van der Waals surface area contributed by atoms with Crippen LogP contribution in [0.25, 0.3) is 0 Å². The molecule has 5 nitrogen and oxygen atoms in total. The Labute approximate surface area is 120 Å². The lowest BCUT2D eigenvalue weighted by Gasteiger charge is -2.14. The molecule has 0 spiro atoms. The van der Waals surface area contributed by atoms with Crippen LogP contribution in [0.15, 0.2) is 24.3 Å². The molecule has 0 aliphatic heterocycles. The third-order valence-corrected chi connectivity index (χ3v) is 2.52. The van der Waals surface area contributed by atoms with Crippen molar-refractivity contribution in [2.45, 2.75) is 32.2 Å². The lowest BCUT2D eigenvalue weighted by molar-refractivity contribution is -0.274. The normalized spacial score (nSPS) is 12.6. The van der Waals surface area contributed by atoms with Crippen molar-refractivity contribution >= 4 is 11.7 Å². The van der Waals surface area contributed by atoms with Gasteiger partial charge in [-0.05, 0) is 44.0 Å². The summed E-state index contributed by atoms with van der Waals surface area (Å²) in [7, 11) is 0. The summed E-state index contributed by atoms with van der Waals surface area (Å²) in [5.74, 6) is -0.357. The molecule has 1 aromatic carbocycles. The van der Waals surface area contributed by atoms with Crippen molar-refractivity contribution in [2.24, 2.45) is 0 Å². The number of carbonyl (C=O) groups is 1. The summed E-state index contributed by atoms with van der Waals surface area (Å²) in [4.78, 5) is 11.6. The Hall–Kier alpha value is -1.96. The van der Waals surface area contributed by atoms with E-state index < -0.39 is 12.4 Å². The number of halogens is 3. The minimum atomic E-state index is -4.74. The van der Waals surface area contributed by atoms with Crippen molar-refractivity contribution in [1.82, 2.24) is 5.32 Å². The second-order valence-corrected chi connectivity index (χ2v) is 4.44. The molecule has 0 heterocycles. The van der Waals surface area contributed by atoms with Crippen molar-refractivity contribution in [3.05, 3.63) is 24.3 Å². The van der Waals surface area contributed by atoms with E-state index in [1.165, 1.54) is 12.1 Å². The zero-order valence-corrected chi connectivity index (χ0v) is 11.4. The van der Waals surface area contributed by atoms with Gasteiger partial charge in [-0.25, -0.2) is 4.79 Å². The van der Waals surface area contributed by atoms with Gasteiger partial charge >= 0.3 is 12.4 Å². The topological polar surface area (TPSA) is 70.6 Å². The Morgan fingerprint density at radius 1 is 1.33 bits per heavy atom. The summed E-state index contributed by atoms with van der Waals surface area (Å²) in [5, 5.41) is 13.8. The standard InChI is InChI=1S/C13H17F3N2O3/c1-9(3-2-8-19)17-12(20)18-10-4-6-11(7-5-10)21-13(14,15)16/h4-7,9,19H,2-3,8H2,1H3,(H2,17,18,20). The van der Waals surface area contributed by atoms with Gasteiger partial charge in [0.2, 0.25) is 0 Å². The van der Waals surface area contributed by atoms with E-state index in [9.17, 15) is 18.0 Å². The van der Waals surface area contributed by atoms with Crippen molar-refractivity contribution in [3.63, 3.8) is 0 Å². The molecule has 2 amide bonds. The van der Waals surface area contributed by atoms with Gasteiger partial charge in [-0.2, -0.15) is 0 Å². The molecule has 118 valence electrons. The molecule has 0 bridgehead atoms. The van der Waals surface area contributed by atoms with E-state index in [2.05, 4.69) is 15.4 Å². The highest BCUT2D eigenvalue weighted by Gasteiger charge is 2.30. The van der Waals surface area contributed by atoms with Crippen LogP contribution in [0.4, 0.5) is 23.7 Å². The maximum absolute atomic E-state index is 12.0. The van der Waals surface area contributed by atoms with Gasteiger partial charge in [0.05, 0.1) is 0 Å². The number of nitrogens with one attached hydrogen (secondary N) is 2. The molecule has 1 rings (SSSR count). The van der Waals surface area contributed by atoms with E-state index >= 15 is 0 Å². The number of urea groups is 1. The summed E-state index contributed by atoms with van der Waals surface area (Å²) in [6.07, 6.45) is -3.54. The first-order valence-corrected chi connectivity index (χ1v) is 6.34. The molecule has 0 aliphatic carbocycles. The van der Waals surface area contributed by atoms with Crippen LogP contribution in [0.5, 0.6) is 5.75 Å². The molecule has 1 atom stereocenters. The van der Waals surface area contributed by atoms with Crippen LogP contribution < -0.4 is 15.4 Å². The number of amides is 2. The van der Waals surface area contributed by atoms with Crippen LogP contribution in [0.2, 0.25) is 0 Å². The highest BCUT2D eigenvalue weighted by atomic mass is 19.4. The minimum absolute atomic E-state index is 0.0499. The summed E-state index contributed by atoms with van der Waals surface area (Å²) in [5.41, 5.74) is 0.344. The number of carbonyl (C=O) groups excluding carboxylic acids is 1. The maximum Gasteiger partial charge on any atom is 0.573 e. The number of benzene rings is 1. The number of alkyl halides is 3. The molecule has 0 saturated carbocycles. The first-order valence-electron chi connectivity index (χ1n) is 6.34. The SMILES string of the molecule is CC(CCCO)NC(=O)Nc1ccc(OC(F)(F)F)cc1. The van der Waals surface area contributed by atoms with Crippen LogP contribution in [0.1, 0.15) is 19.8 Å². The average molecular weight is 306 g/mol. The van der Waals surface area contributed by atoms with Gasteiger partial charge in [-0.1, -0.05) is 0 Å². The molecule has 8 heteroatoms. The molecule has 0 radical (unpaired) electrons. The van der Waals surface area contributed by atoms with Crippen LogP contribution in [0, 0.1) is 0 Å². The fraction of sp³-hybridized carbons (Fsp3) is 0.462. The molecule has 21 heavy (non-hydrogen) atoms. The van der Waals surface area contributed by atoms with E-state index in [0.717, 1.165) is 12.1 Å². The van der Waals surface area contributed by atoms with E-state index in [1.807, 2.05) is 0 Å². The number of hydrogen-bond donors (Lipinski definition) is 3. The summed E-state index contributed by atoms with van der Waals surface area (Å²) in [6, 6.07) is 4.24. The van der Waals surface area contributed by atoms with Crippen LogP contribution in [-0.4, -0.2) is 30.1 Å². The summed E-state index contributed by atoms with van der Waals surface area (Å²) >= 11 is 0. The predicted octanol–water partition coefficient (Wildman–Crippen LogP) is 2.87. The first-order chi connectivity index (χ1) is 9.80. The van der Waals surface area contributed by atoms with Gasteiger partial charge < -0.3 is 20.5 Å². The molecule has 1 aromatic rings. The van der Waals surface area contributed by atoms with Gasteiger partial charge in [0.25, 0.3) is 0 Å². The molecule has 3 N–H and O–H groups in total. The molecule has 0 aromatic heterocycles. The maximum atomic E-state index is 12.0. The fourth-order valence-electron chi connectivity index (χ4n) is 1.60. The smallest absolute Gasteiger partial charge is 0.406 e. The highest BCUT2D eigenvalue weighted by molar-refractivity contribution is 5.89. The quantitative estimate of drug-likeness (QED) is 0.757. The minimum Gasteiger partial charge on any atom is -0.406 e. The van der Waals surface area contributed by atoms with E-state index in [4.69, 9.17) is 5.11 Å². The van der Waals surface area contributed by atoms with Crippen molar-refractivity contribution in [3.8, 4) is 5.75 Å². The largest absolute Gasteiger partial charge is 0.573 e. The lowest BCUT2D eigenvalue weighted by atomic mass is 10.2. The Balaban J connectivity index is 2.46. The molecular weight excluding hydrogens is 289 g/mol. The van der Waals surface area contributed by atoms with Crippen LogP contribution in [-0.2, 0) is 0 Å². The van der Waals surface area contributed by atoms with Gasteiger partial charge in [0, 0.05) is 18.3 Å². The van der Waals surface area contributed by atoms with Gasteiger partial charge in [-0.15, -0.1) is 13.2 Å². The Morgan fingerprint density at radius 3 is 2.48 bits per heavy atom. The second-order valence-electron chi connectivity index (χ2n) is 4.44. The van der Waals surface area contributed by atoms with Crippen LogP contribution in [0.3, 0.4) is 0 Å². The number of rotatable bonds is 6. The second kappa shape index (κ2) is 7.72. The Bertz CT molecular complexity index is 449. The van der Waals surface area contributed by atoms with Gasteiger partial charge in [0.1, 0.15) is 5.75 Å². The number of aliphatic hydroxyl groups is 1. The molecular formula is C13H17F3N2O3. The number of ether oxygens (including phenoxy) is 1. The molecule has 0 aliphatic rings. The lowest BCUT2D eigenvalue weighted by Crippen LogP contribution is -2.36. The number of aliphatic hydroxyl groups excluding tert-OH is 1. The average Bonchev–Trinajstić information content (AvgIpc) is 2.37. The number of anilines is 1. The summed E-state index contributed by atoms with van der Waals surface area (Å²) < 4.78 is 39.7. The molecule has 1 unspecified atom stereocenters. The van der Waals surface area contributed by atoms with Gasteiger partial charge in [0.15, 0.2) is 0 Å². The van der Waals surface area contributed by atoms with Crippen LogP contribution >= 0.6 is 0 Å². The summed E-state index contributed by atoms with van der Waals surface area (Å²) in [6.45, 7) is 1.84. The zero-order valence-electron chi connectivity index (χ0n) is 11.4. The fourth-order valence-corrected chi connectivity index (χ4v) is 1.60. The van der Waals surface area contributed by atoms with Crippen molar-refractivity contribution in [1.29, 1.82) is 0 Å². The van der Waals surface area contributed by atoms with Crippen molar-refractivity contribution in [2.75, 3.05) is 11.9 Å². The number of hydrogen-bond acceptors (Lipinski definition) is 3. The molecule has 0 saturated heterocycles. The van der Waals surface area contributed by atoms with Crippen molar-refractivity contribution < 1.29 is 27.8 Å². The Morgan fingerprint density at radius 2 is 1.95 bits per heavy atom. The van der Waals surface area contributed by atoms with E-state index in [0.29, 0.717) is 18.5 Å².